The molecule has 1 fully saturated rings. The van der Waals surface area contributed by atoms with Crippen molar-refractivity contribution in [3.63, 3.8) is 0 Å². The topological polar surface area (TPSA) is 41.5 Å². The number of nitrogens with one attached hydrogen (secondary N) is 1. The molecule has 0 aliphatic carbocycles. The molecule has 0 radical (unpaired) electrons. The maximum absolute atomic E-state index is 9.69. The van der Waals surface area contributed by atoms with E-state index in [0.717, 1.165) is 30.8 Å². The van der Waals surface area contributed by atoms with Crippen molar-refractivity contribution in [3.8, 4) is 5.75 Å². The molecule has 3 heteroatoms. The number of hydrogen-bond acceptors (Lipinski definition) is 3. The average Bonchev–Trinajstić information content (AvgIpc) is 2.78. The van der Waals surface area contributed by atoms with E-state index in [9.17, 15) is 5.11 Å². The molecule has 88 valence electrons. The van der Waals surface area contributed by atoms with Gasteiger partial charge in [0.25, 0.3) is 0 Å². The molecular weight excluding hydrogens is 202 g/mol. The Hall–Kier alpha value is -1.06. The van der Waals surface area contributed by atoms with Gasteiger partial charge in [-0.3, -0.25) is 0 Å². The lowest BCUT2D eigenvalue weighted by Gasteiger charge is -2.28. The monoisotopic (exact) mass is 221 g/mol. The minimum atomic E-state index is -0.169. The van der Waals surface area contributed by atoms with E-state index in [1.54, 1.807) is 7.11 Å². The van der Waals surface area contributed by atoms with E-state index in [-0.39, 0.29) is 12.0 Å². The van der Waals surface area contributed by atoms with Crippen LogP contribution >= 0.6 is 0 Å². The van der Waals surface area contributed by atoms with Crippen LogP contribution in [0, 0.1) is 6.92 Å². The third-order valence-corrected chi connectivity index (χ3v) is 3.47. The number of methoxy groups -OCH3 is 1. The quantitative estimate of drug-likeness (QED) is 0.806. The lowest BCUT2D eigenvalue weighted by molar-refractivity contribution is 0.202. The fourth-order valence-corrected chi connectivity index (χ4v) is 2.43. The summed E-state index contributed by atoms with van der Waals surface area (Å²) in [5.74, 6) is 0.878. The van der Waals surface area contributed by atoms with Gasteiger partial charge in [0, 0.05) is 17.5 Å². The van der Waals surface area contributed by atoms with E-state index in [1.807, 2.05) is 12.1 Å². The molecular formula is C13H19NO2. The molecule has 2 N–H and O–H groups in total. The smallest absolute Gasteiger partial charge is 0.122 e. The number of hydrogen-bond donors (Lipinski definition) is 2. The van der Waals surface area contributed by atoms with Gasteiger partial charge in [-0.15, -0.1) is 0 Å². The molecule has 2 rings (SSSR count). The summed E-state index contributed by atoms with van der Waals surface area (Å²) in [4.78, 5) is 0. The highest BCUT2D eigenvalue weighted by Crippen LogP contribution is 2.36. The van der Waals surface area contributed by atoms with Gasteiger partial charge in [-0.05, 0) is 26.0 Å². The van der Waals surface area contributed by atoms with E-state index in [2.05, 4.69) is 18.3 Å². The molecule has 1 aliphatic rings. The van der Waals surface area contributed by atoms with Gasteiger partial charge in [0.05, 0.1) is 13.7 Å². The van der Waals surface area contributed by atoms with Gasteiger partial charge in [-0.1, -0.05) is 17.7 Å². The van der Waals surface area contributed by atoms with Crippen LogP contribution in [0.4, 0.5) is 0 Å². The number of rotatable bonds is 3. The first-order valence-electron chi connectivity index (χ1n) is 5.68. The van der Waals surface area contributed by atoms with Crippen molar-refractivity contribution in [2.45, 2.75) is 18.8 Å². The van der Waals surface area contributed by atoms with Gasteiger partial charge in [0.2, 0.25) is 0 Å². The highest BCUT2D eigenvalue weighted by Gasteiger charge is 2.37. The van der Waals surface area contributed by atoms with Gasteiger partial charge in [0.1, 0.15) is 5.75 Å². The molecule has 3 nitrogen and oxygen atoms in total. The minimum Gasteiger partial charge on any atom is -0.496 e. The summed E-state index contributed by atoms with van der Waals surface area (Å²) in [6.07, 6.45) is 0.962. The zero-order chi connectivity index (χ0) is 11.6. The van der Waals surface area contributed by atoms with Crippen molar-refractivity contribution in [2.75, 3.05) is 26.8 Å². The van der Waals surface area contributed by atoms with Crippen LogP contribution in [-0.2, 0) is 5.41 Å². The molecule has 0 spiro atoms. The standard InChI is InChI=1S/C13H19NO2/c1-10-3-4-12(16-2)11(7-10)13(9-15)5-6-14-8-13/h3-4,7,14-15H,5-6,8-9H2,1-2H3. The zero-order valence-corrected chi connectivity index (χ0v) is 9.92. The van der Waals surface area contributed by atoms with Gasteiger partial charge >= 0.3 is 0 Å². The van der Waals surface area contributed by atoms with Crippen LogP contribution in [0.15, 0.2) is 18.2 Å². The Morgan fingerprint density at radius 1 is 1.50 bits per heavy atom. The molecule has 0 saturated carbocycles. The van der Waals surface area contributed by atoms with E-state index in [1.165, 1.54) is 5.56 Å². The first-order valence-corrected chi connectivity index (χ1v) is 5.68. The Kier molecular flexibility index (Phi) is 3.17. The van der Waals surface area contributed by atoms with Gasteiger partial charge in [0.15, 0.2) is 0 Å². The third-order valence-electron chi connectivity index (χ3n) is 3.47. The number of benzene rings is 1. The lowest BCUT2D eigenvalue weighted by Crippen LogP contribution is -2.33. The molecule has 1 saturated heterocycles. The minimum absolute atomic E-state index is 0.166. The van der Waals surface area contributed by atoms with Crippen molar-refractivity contribution in [1.29, 1.82) is 0 Å². The van der Waals surface area contributed by atoms with Crippen LogP contribution in [0.2, 0.25) is 0 Å². The van der Waals surface area contributed by atoms with E-state index in [4.69, 9.17) is 4.74 Å². The Bertz CT molecular complexity index is 370. The second kappa shape index (κ2) is 4.44. The molecule has 1 unspecified atom stereocenters. The van der Waals surface area contributed by atoms with Crippen molar-refractivity contribution in [3.05, 3.63) is 29.3 Å². The van der Waals surface area contributed by atoms with E-state index >= 15 is 0 Å². The van der Waals surface area contributed by atoms with Crippen LogP contribution in [0.25, 0.3) is 0 Å². The fraction of sp³-hybridized carbons (Fsp3) is 0.538. The lowest BCUT2D eigenvalue weighted by atomic mass is 9.79. The highest BCUT2D eigenvalue weighted by atomic mass is 16.5. The van der Waals surface area contributed by atoms with Crippen molar-refractivity contribution >= 4 is 0 Å². The first kappa shape index (κ1) is 11.4. The van der Waals surface area contributed by atoms with E-state index < -0.39 is 0 Å². The summed E-state index contributed by atoms with van der Waals surface area (Å²) in [5.41, 5.74) is 2.16. The van der Waals surface area contributed by atoms with Crippen LogP contribution in [-0.4, -0.2) is 31.9 Å². The van der Waals surface area contributed by atoms with Gasteiger partial charge in [-0.25, -0.2) is 0 Å². The first-order chi connectivity index (χ1) is 7.72. The maximum atomic E-state index is 9.69. The average molecular weight is 221 g/mol. The van der Waals surface area contributed by atoms with E-state index in [0.29, 0.717) is 0 Å². The van der Waals surface area contributed by atoms with Crippen molar-refractivity contribution in [2.24, 2.45) is 0 Å². The predicted octanol–water partition coefficient (Wildman–Crippen LogP) is 1.23. The molecule has 1 atom stereocenters. The summed E-state index contributed by atoms with van der Waals surface area (Å²) in [6, 6.07) is 6.15. The molecule has 16 heavy (non-hydrogen) atoms. The molecule has 1 aromatic rings. The SMILES string of the molecule is COc1ccc(C)cc1C1(CO)CCNC1. The molecule has 0 aromatic heterocycles. The zero-order valence-electron chi connectivity index (χ0n) is 9.92. The number of ether oxygens (including phenoxy) is 1. The second-order valence-corrected chi connectivity index (χ2v) is 4.57. The summed E-state index contributed by atoms with van der Waals surface area (Å²) >= 11 is 0. The highest BCUT2D eigenvalue weighted by molar-refractivity contribution is 5.43. The maximum Gasteiger partial charge on any atom is 0.122 e. The third kappa shape index (κ3) is 1.81. The summed E-state index contributed by atoms with van der Waals surface area (Å²) in [5, 5.41) is 13.0. The van der Waals surface area contributed by atoms with Crippen molar-refractivity contribution in [1.82, 2.24) is 5.32 Å². The largest absolute Gasteiger partial charge is 0.496 e. The molecule has 0 amide bonds. The number of aliphatic hydroxyl groups excluding tert-OH is 1. The van der Waals surface area contributed by atoms with Crippen LogP contribution < -0.4 is 10.1 Å². The van der Waals surface area contributed by atoms with Crippen molar-refractivity contribution < 1.29 is 9.84 Å². The predicted molar refractivity (Wildman–Crippen MR) is 64.0 cm³/mol. The number of aliphatic hydroxyl groups is 1. The molecule has 1 aliphatic heterocycles. The summed E-state index contributed by atoms with van der Waals surface area (Å²) < 4.78 is 5.40. The Morgan fingerprint density at radius 3 is 2.88 bits per heavy atom. The Labute approximate surface area is 96.4 Å². The van der Waals surface area contributed by atoms with Gasteiger partial charge < -0.3 is 15.2 Å². The Morgan fingerprint density at radius 2 is 2.31 bits per heavy atom. The molecule has 1 aromatic carbocycles. The van der Waals surface area contributed by atoms with Crippen LogP contribution in [0.1, 0.15) is 17.5 Å². The van der Waals surface area contributed by atoms with Gasteiger partial charge in [-0.2, -0.15) is 0 Å². The second-order valence-electron chi connectivity index (χ2n) is 4.57. The normalized spacial score (nSPS) is 24.7. The summed E-state index contributed by atoms with van der Waals surface area (Å²) in [6.45, 7) is 4.01. The van der Waals surface area contributed by atoms with Crippen LogP contribution in [0.3, 0.4) is 0 Å². The fourth-order valence-electron chi connectivity index (χ4n) is 2.43. The number of aryl methyl sites for hydroxylation is 1. The summed E-state index contributed by atoms with van der Waals surface area (Å²) in [7, 11) is 1.68. The van der Waals surface area contributed by atoms with Crippen LogP contribution in [0.5, 0.6) is 5.75 Å². The molecule has 0 bridgehead atoms. The molecule has 1 heterocycles. The Balaban J connectivity index is 2.47.